The highest BCUT2D eigenvalue weighted by Gasteiger charge is 2.10. The largest absolute Gasteiger partial charge is 0.298 e. The predicted molar refractivity (Wildman–Crippen MR) is 78.5 cm³/mol. The molecule has 0 radical (unpaired) electrons. The molecule has 0 amide bonds. The average molecular weight is 267 g/mol. The highest BCUT2D eigenvalue weighted by atomic mass is 32.2. The summed E-state index contributed by atoms with van der Waals surface area (Å²) < 4.78 is 0. The van der Waals surface area contributed by atoms with Crippen LogP contribution in [0.1, 0.15) is 21.5 Å². The number of hydrogen-bond acceptors (Lipinski definition) is 3. The van der Waals surface area contributed by atoms with Crippen LogP contribution in [0.4, 0.5) is 0 Å². The molecule has 19 heavy (non-hydrogen) atoms. The van der Waals surface area contributed by atoms with Gasteiger partial charge >= 0.3 is 0 Å². The van der Waals surface area contributed by atoms with E-state index in [9.17, 15) is 4.79 Å². The van der Waals surface area contributed by atoms with Gasteiger partial charge in [-0.25, -0.2) is 0 Å². The van der Waals surface area contributed by atoms with Crippen molar-refractivity contribution in [1.82, 2.24) is 0 Å². The zero-order valence-corrected chi connectivity index (χ0v) is 11.6. The Balaban J connectivity index is 2.62. The Bertz CT molecular complexity index is 654. The first kappa shape index (κ1) is 13.4. The Hall–Kier alpha value is -2.05. The lowest BCUT2D eigenvalue weighted by Crippen LogP contribution is -1.92. The van der Waals surface area contributed by atoms with Crippen LogP contribution < -0.4 is 0 Å². The van der Waals surface area contributed by atoms with E-state index in [0.29, 0.717) is 11.1 Å². The lowest BCUT2D eigenvalue weighted by molar-refractivity contribution is 0.112. The molecule has 2 nitrogen and oxygen atoms in total. The summed E-state index contributed by atoms with van der Waals surface area (Å²) in [5.74, 6) is 0. The number of aryl methyl sites for hydroxylation is 1. The van der Waals surface area contributed by atoms with Crippen LogP contribution in [0.2, 0.25) is 0 Å². The molecule has 3 heteroatoms. The molecule has 0 heterocycles. The van der Waals surface area contributed by atoms with Gasteiger partial charge in [0.15, 0.2) is 6.29 Å². The van der Waals surface area contributed by atoms with Gasteiger partial charge in [-0.3, -0.25) is 4.79 Å². The number of aldehydes is 1. The third-order valence-electron chi connectivity index (χ3n) is 2.98. The SMILES string of the molecule is CSc1cc(-c2ccc(C)cc2)cc(C=O)c1C#N. The zero-order chi connectivity index (χ0) is 13.8. The van der Waals surface area contributed by atoms with E-state index in [2.05, 4.69) is 6.07 Å². The van der Waals surface area contributed by atoms with Gasteiger partial charge in [-0.15, -0.1) is 11.8 Å². The number of carbonyl (C=O) groups excluding carboxylic acids is 1. The Kier molecular flexibility index (Phi) is 4.03. The molecule has 0 saturated carbocycles. The number of nitrogens with zero attached hydrogens (tertiary/aromatic N) is 1. The average Bonchev–Trinajstić information content (AvgIpc) is 2.46. The highest BCUT2D eigenvalue weighted by molar-refractivity contribution is 7.98. The van der Waals surface area contributed by atoms with Crippen molar-refractivity contribution in [3.63, 3.8) is 0 Å². The summed E-state index contributed by atoms with van der Waals surface area (Å²) in [6.07, 6.45) is 2.65. The molecule has 0 atom stereocenters. The molecule has 2 aromatic carbocycles. The topological polar surface area (TPSA) is 40.9 Å². The van der Waals surface area contributed by atoms with Gasteiger partial charge in [-0.05, 0) is 36.4 Å². The molecule has 2 rings (SSSR count). The van der Waals surface area contributed by atoms with E-state index in [1.165, 1.54) is 17.3 Å². The number of nitriles is 1. The van der Waals surface area contributed by atoms with Crippen LogP contribution in [-0.4, -0.2) is 12.5 Å². The fourth-order valence-electron chi connectivity index (χ4n) is 1.92. The van der Waals surface area contributed by atoms with E-state index in [4.69, 9.17) is 5.26 Å². The number of benzene rings is 2. The van der Waals surface area contributed by atoms with Gasteiger partial charge in [0.2, 0.25) is 0 Å². The van der Waals surface area contributed by atoms with E-state index in [1.54, 1.807) is 6.07 Å². The summed E-state index contributed by atoms with van der Waals surface area (Å²) in [4.78, 5) is 12.0. The Morgan fingerprint density at radius 1 is 1.16 bits per heavy atom. The first-order valence-corrected chi connectivity index (χ1v) is 7.06. The summed E-state index contributed by atoms with van der Waals surface area (Å²) in [7, 11) is 0. The Labute approximate surface area is 117 Å². The number of rotatable bonds is 3. The summed E-state index contributed by atoms with van der Waals surface area (Å²) in [6.45, 7) is 2.03. The Morgan fingerprint density at radius 2 is 1.84 bits per heavy atom. The molecule has 0 aliphatic heterocycles. The van der Waals surface area contributed by atoms with E-state index in [1.807, 2.05) is 43.5 Å². The molecule has 0 N–H and O–H groups in total. The lowest BCUT2D eigenvalue weighted by Gasteiger charge is -2.08. The van der Waals surface area contributed by atoms with Crippen molar-refractivity contribution in [2.45, 2.75) is 11.8 Å². The number of thioether (sulfide) groups is 1. The molecule has 0 saturated heterocycles. The second kappa shape index (κ2) is 5.73. The van der Waals surface area contributed by atoms with Crippen LogP contribution in [0.3, 0.4) is 0 Å². The highest BCUT2D eigenvalue weighted by Crippen LogP contribution is 2.30. The lowest BCUT2D eigenvalue weighted by atomic mass is 9.99. The molecule has 0 aromatic heterocycles. The van der Waals surface area contributed by atoms with Crippen LogP contribution in [0, 0.1) is 18.3 Å². The van der Waals surface area contributed by atoms with Crippen molar-refractivity contribution in [3.8, 4) is 17.2 Å². The maximum Gasteiger partial charge on any atom is 0.151 e. The van der Waals surface area contributed by atoms with Gasteiger partial charge in [0, 0.05) is 10.5 Å². The molecule has 0 spiro atoms. The molecule has 0 unspecified atom stereocenters. The quantitative estimate of drug-likeness (QED) is 0.621. The summed E-state index contributed by atoms with van der Waals surface area (Å²) in [6, 6.07) is 14.0. The first-order valence-electron chi connectivity index (χ1n) is 5.84. The van der Waals surface area contributed by atoms with Crippen LogP contribution in [0.15, 0.2) is 41.3 Å². The molecular formula is C16H13NOS. The third kappa shape index (κ3) is 2.69. The number of hydrogen-bond donors (Lipinski definition) is 0. The van der Waals surface area contributed by atoms with Crippen LogP contribution in [-0.2, 0) is 0 Å². The molecular weight excluding hydrogens is 254 g/mol. The van der Waals surface area contributed by atoms with E-state index < -0.39 is 0 Å². The molecule has 2 aromatic rings. The summed E-state index contributed by atoms with van der Waals surface area (Å²) in [5, 5.41) is 9.14. The summed E-state index contributed by atoms with van der Waals surface area (Å²) in [5.41, 5.74) is 4.11. The van der Waals surface area contributed by atoms with E-state index >= 15 is 0 Å². The van der Waals surface area contributed by atoms with Gasteiger partial charge < -0.3 is 0 Å². The van der Waals surface area contributed by atoms with Crippen molar-refractivity contribution in [2.75, 3.05) is 6.26 Å². The minimum absolute atomic E-state index is 0.449. The molecule has 94 valence electrons. The van der Waals surface area contributed by atoms with Crippen molar-refractivity contribution in [1.29, 1.82) is 5.26 Å². The maximum atomic E-state index is 11.1. The van der Waals surface area contributed by atoms with Gasteiger partial charge in [0.05, 0.1) is 5.56 Å². The van der Waals surface area contributed by atoms with E-state index in [-0.39, 0.29) is 0 Å². The van der Waals surface area contributed by atoms with Gasteiger partial charge in [0.25, 0.3) is 0 Å². The molecule has 0 aliphatic rings. The monoisotopic (exact) mass is 267 g/mol. The van der Waals surface area contributed by atoms with Gasteiger partial charge in [0.1, 0.15) is 6.07 Å². The van der Waals surface area contributed by atoms with Crippen molar-refractivity contribution >= 4 is 18.0 Å². The van der Waals surface area contributed by atoms with Gasteiger partial charge in [-0.2, -0.15) is 5.26 Å². The standard InChI is InChI=1S/C16H13NOS/c1-11-3-5-12(6-4-11)13-7-14(10-18)15(9-17)16(8-13)19-2/h3-8,10H,1-2H3. The van der Waals surface area contributed by atoms with Crippen LogP contribution in [0.5, 0.6) is 0 Å². The minimum Gasteiger partial charge on any atom is -0.298 e. The van der Waals surface area contributed by atoms with Crippen molar-refractivity contribution in [2.24, 2.45) is 0 Å². The minimum atomic E-state index is 0.449. The van der Waals surface area contributed by atoms with Gasteiger partial charge in [-0.1, -0.05) is 29.8 Å². The Morgan fingerprint density at radius 3 is 2.37 bits per heavy atom. The first-order chi connectivity index (χ1) is 9.19. The molecule has 0 aliphatic carbocycles. The smallest absolute Gasteiger partial charge is 0.151 e. The second-order valence-corrected chi connectivity index (χ2v) is 5.09. The normalized spacial score (nSPS) is 9.95. The summed E-state index contributed by atoms with van der Waals surface area (Å²) >= 11 is 1.48. The fourth-order valence-corrected chi connectivity index (χ4v) is 2.54. The molecule has 0 fully saturated rings. The zero-order valence-electron chi connectivity index (χ0n) is 10.8. The maximum absolute atomic E-state index is 11.1. The fraction of sp³-hybridized carbons (Fsp3) is 0.125. The second-order valence-electron chi connectivity index (χ2n) is 4.24. The van der Waals surface area contributed by atoms with Crippen LogP contribution in [0.25, 0.3) is 11.1 Å². The number of carbonyl (C=O) groups is 1. The predicted octanol–water partition coefficient (Wildman–Crippen LogP) is 4.07. The molecule has 0 bridgehead atoms. The van der Waals surface area contributed by atoms with Crippen molar-refractivity contribution in [3.05, 3.63) is 53.1 Å². The van der Waals surface area contributed by atoms with E-state index in [0.717, 1.165) is 22.3 Å². The van der Waals surface area contributed by atoms with Crippen LogP contribution >= 0.6 is 11.8 Å². The van der Waals surface area contributed by atoms with Crippen molar-refractivity contribution < 1.29 is 4.79 Å². The third-order valence-corrected chi connectivity index (χ3v) is 3.74.